The van der Waals surface area contributed by atoms with Gasteiger partial charge in [0.15, 0.2) is 0 Å². The molecule has 0 amide bonds. The number of ether oxygens (including phenoxy) is 1. The molecular formula is C16H14F4N2O3. The van der Waals surface area contributed by atoms with Crippen LogP contribution in [0.4, 0.5) is 17.6 Å². The van der Waals surface area contributed by atoms with Crippen LogP contribution in [0.5, 0.6) is 11.5 Å². The third-order valence-corrected chi connectivity index (χ3v) is 3.90. The molecule has 2 heterocycles. The predicted octanol–water partition coefficient (Wildman–Crippen LogP) is 2.61. The maximum absolute atomic E-state index is 13.9. The van der Waals surface area contributed by atoms with Crippen LogP contribution in [0, 0.1) is 5.95 Å². The lowest BCUT2D eigenvalue weighted by atomic mass is 10.1. The summed E-state index contributed by atoms with van der Waals surface area (Å²) in [4.78, 5) is 13.4. The van der Waals surface area contributed by atoms with Crippen LogP contribution in [0.1, 0.15) is 11.3 Å². The van der Waals surface area contributed by atoms with Gasteiger partial charge in [0.05, 0.1) is 0 Å². The van der Waals surface area contributed by atoms with E-state index < -0.39 is 23.5 Å². The van der Waals surface area contributed by atoms with E-state index in [9.17, 15) is 27.5 Å². The van der Waals surface area contributed by atoms with Gasteiger partial charge in [-0.15, -0.1) is 13.2 Å². The quantitative estimate of drug-likeness (QED) is 0.677. The molecule has 25 heavy (non-hydrogen) atoms. The van der Waals surface area contributed by atoms with E-state index in [2.05, 4.69) is 4.74 Å². The first kappa shape index (κ1) is 17.3. The molecule has 1 N–H and O–H groups in total. The molecule has 1 aliphatic rings. The molecule has 0 spiro atoms. The Labute approximate surface area is 139 Å². The Bertz CT molecular complexity index is 831. The van der Waals surface area contributed by atoms with Crippen LogP contribution in [0.15, 0.2) is 35.1 Å². The summed E-state index contributed by atoms with van der Waals surface area (Å²) in [5, 5.41) is 9.36. The molecule has 0 saturated carbocycles. The number of halogens is 4. The number of benzene rings is 1. The average Bonchev–Trinajstić information content (AvgIpc) is 2.53. The number of pyridine rings is 1. The van der Waals surface area contributed by atoms with Crippen LogP contribution >= 0.6 is 0 Å². The zero-order chi connectivity index (χ0) is 18.2. The monoisotopic (exact) mass is 358 g/mol. The standard InChI is InChI=1S/C16H14F4N2O3/c17-15-14(24)13(23)7-11-9-21(5-6-22(11)15)8-10-1-3-12(4-2-10)25-16(18,19)20/h1-4,7,24H,5-6,8-9H2. The van der Waals surface area contributed by atoms with Gasteiger partial charge < -0.3 is 14.4 Å². The van der Waals surface area contributed by atoms with Gasteiger partial charge >= 0.3 is 6.36 Å². The van der Waals surface area contributed by atoms with Crippen molar-refractivity contribution in [2.45, 2.75) is 26.0 Å². The molecule has 1 aromatic heterocycles. The van der Waals surface area contributed by atoms with Crippen molar-refractivity contribution in [3.8, 4) is 11.5 Å². The van der Waals surface area contributed by atoms with Crippen molar-refractivity contribution < 1.29 is 27.4 Å². The van der Waals surface area contributed by atoms with Gasteiger partial charge in [-0.25, -0.2) is 0 Å². The molecule has 2 aromatic rings. The molecule has 0 aliphatic carbocycles. The molecular weight excluding hydrogens is 344 g/mol. The highest BCUT2D eigenvalue weighted by Gasteiger charge is 2.31. The van der Waals surface area contributed by atoms with Crippen LogP contribution in [0.3, 0.4) is 0 Å². The number of alkyl halides is 3. The van der Waals surface area contributed by atoms with Crippen molar-refractivity contribution in [3.05, 3.63) is 57.8 Å². The van der Waals surface area contributed by atoms with Crippen LogP contribution in [-0.2, 0) is 19.6 Å². The lowest BCUT2D eigenvalue weighted by Crippen LogP contribution is -2.36. The zero-order valence-corrected chi connectivity index (χ0v) is 12.9. The summed E-state index contributed by atoms with van der Waals surface area (Å²) < 4.78 is 55.4. The number of rotatable bonds is 3. The van der Waals surface area contributed by atoms with Gasteiger partial charge in [-0.1, -0.05) is 12.1 Å². The highest BCUT2D eigenvalue weighted by atomic mass is 19.4. The van der Waals surface area contributed by atoms with Crippen LogP contribution in [0.2, 0.25) is 0 Å². The second-order valence-electron chi connectivity index (χ2n) is 5.69. The van der Waals surface area contributed by atoms with Crippen molar-refractivity contribution >= 4 is 0 Å². The Kier molecular flexibility index (Phi) is 4.42. The molecule has 0 fully saturated rings. The van der Waals surface area contributed by atoms with E-state index in [0.29, 0.717) is 18.8 Å². The Morgan fingerprint density at radius 1 is 1.16 bits per heavy atom. The zero-order valence-electron chi connectivity index (χ0n) is 12.9. The topological polar surface area (TPSA) is 54.7 Å². The summed E-state index contributed by atoms with van der Waals surface area (Å²) in [7, 11) is 0. The van der Waals surface area contributed by atoms with Crippen LogP contribution < -0.4 is 10.2 Å². The van der Waals surface area contributed by atoms with E-state index in [-0.39, 0.29) is 18.8 Å². The Hall–Kier alpha value is -2.55. The fourth-order valence-corrected chi connectivity index (χ4v) is 2.77. The predicted molar refractivity (Wildman–Crippen MR) is 79.6 cm³/mol. The Morgan fingerprint density at radius 3 is 2.48 bits per heavy atom. The van der Waals surface area contributed by atoms with Gasteiger partial charge in [0, 0.05) is 37.9 Å². The number of nitrogens with zero attached hydrogens (tertiary/aromatic N) is 2. The lowest BCUT2D eigenvalue weighted by Gasteiger charge is -2.30. The maximum Gasteiger partial charge on any atom is 0.573 e. The van der Waals surface area contributed by atoms with Gasteiger partial charge in [-0.3, -0.25) is 9.69 Å². The summed E-state index contributed by atoms with van der Waals surface area (Å²) in [6.07, 6.45) is -4.74. The van der Waals surface area contributed by atoms with Crippen molar-refractivity contribution in [2.24, 2.45) is 0 Å². The molecule has 134 valence electrons. The van der Waals surface area contributed by atoms with E-state index >= 15 is 0 Å². The van der Waals surface area contributed by atoms with Crippen molar-refractivity contribution in [1.82, 2.24) is 9.47 Å². The summed E-state index contributed by atoms with van der Waals surface area (Å²) in [5.41, 5.74) is 0.410. The minimum atomic E-state index is -4.74. The molecule has 3 rings (SSSR count). The second-order valence-corrected chi connectivity index (χ2v) is 5.69. The summed E-state index contributed by atoms with van der Waals surface area (Å²) in [6.45, 7) is 1.42. The van der Waals surface area contributed by atoms with E-state index in [0.717, 1.165) is 5.56 Å². The number of aromatic hydroxyl groups is 1. The van der Waals surface area contributed by atoms with Crippen molar-refractivity contribution in [2.75, 3.05) is 6.54 Å². The van der Waals surface area contributed by atoms with Crippen LogP contribution in [-0.4, -0.2) is 27.5 Å². The number of fused-ring (bicyclic) bond motifs is 1. The first-order valence-corrected chi connectivity index (χ1v) is 7.41. The van der Waals surface area contributed by atoms with Gasteiger partial charge in [0.25, 0.3) is 0 Å². The van der Waals surface area contributed by atoms with E-state index in [1.165, 1.54) is 34.9 Å². The molecule has 1 aliphatic heterocycles. The number of hydrogen-bond acceptors (Lipinski definition) is 4. The molecule has 5 nitrogen and oxygen atoms in total. The molecule has 9 heteroatoms. The van der Waals surface area contributed by atoms with E-state index in [1.54, 1.807) is 0 Å². The smallest absolute Gasteiger partial charge is 0.501 e. The second kappa shape index (κ2) is 6.40. The van der Waals surface area contributed by atoms with Crippen molar-refractivity contribution in [1.29, 1.82) is 0 Å². The highest BCUT2D eigenvalue weighted by Crippen LogP contribution is 2.24. The number of hydrogen-bond donors (Lipinski definition) is 1. The molecule has 0 bridgehead atoms. The van der Waals surface area contributed by atoms with E-state index in [1.807, 2.05) is 4.90 Å². The van der Waals surface area contributed by atoms with Gasteiger partial charge in [0.2, 0.25) is 17.1 Å². The first-order chi connectivity index (χ1) is 11.7. The Balaban J connectivity index is 1.70. The molecule has 0 radical (unpaired) electrons. The normalized spacial score (nSPS) is 15.0. The lowest BCUT2D eigenvalue weighted by molar-refractivity contribution is -0.274. The maximum atomic E-state index is 13.9. The summed E-state index contributed by atoms with van der Waals surface area (Å²) in [6, 6.07) is 6.66. The largest absolute Gasteiger partial charge is 0.573 e. The highest BCUT2D eigenvalue weighted by molar-refractivity contribution is 5.28. The van der Waals surface area contributed by atoms with Gasteiger partial charge in [0.1, 0.15) is 5.75 Å². The third-order valence-electron chi connectivity index (χ3n) is 3.90. The first-order valence-electron chi connectivity index (χ1n) is 7.41. The fraction of sp³-hybridized carbons (Fsp3) is 0.312. The minimum Gasteiger partial charge on any atom is -0.501 e. The molecule has 1 aromatic carbocycles. The minimum absolute atomic E-state index is 0.254. The Morgan fingerprint density at radius 2 is 1.84 bits per heavy atom. The van der Waals surface area contributed by atoms with Gasteiger partial charge in [-0.05, 0) is 17.7 Å². The fourth-order valence-electron chi connectivity index (χ4n) is 2.77. The molecule has 0 atom stereocenters. The van der Waals surface area contributed by atoms with Gasteiger partial charge in [-0.2, -0.15) is 4.39 Å². The average molecular weight is 358 g/mol. The molecule has 0 unspecified atom stereocenters. The SMILES string of the molecule is O=c1cc2n(c(F)c1O)CCN(Cc1ccc(OC(F)(F)F)cc1)C2. The summed E-state index contributed by atoms with van der Waals surface area (Å²) >= 11 is 0. The number of aromatic nitrogens is 1. The third kappa shape index (κ3) is 3.93. The summed E-state index contributed by atoms with van der Waals surface area (Å²) in [5.74, 6) is -2.14. The molecule has 0 saturated heterocycles. The van der Waals surface area contributed by atoms with E-state index in [4.69, 9.17) is 0 Å². The van der Waals surface area contributed by atoms with Crippen molar-refractivity contribution in [3.63, 3.8) is 0 Å². The van der Waals surface area contributed by atoms with Crippen LogP contribution in [0.25, 0.3) is 0 Å².